The Labute approximate surface area is 136 Å². The zero-order valence-corrected chi connectivity index (χ0v) is 14.2. The summed E-state index contributed by atoms with van der Waals surface area (Å²) in [5.41, 5.74) is 0.844. The van der Waals surface area contributed by atoms with Crippen LogP contribution in [0.15, 0.2) is 22.7 Å². The van der Waals surface area contributed by atoms with E-state index >= 15 is 0 Å². The standard InChI is InChI=1S/C12H13ClIN3O.ClH/c1-7(15-2)5-11-16-12(18-17-11)8-3-4-10(14)9(13)6-8;/h3-4,6-7,15H,5H2,1-2H3;1H. The molecule has 0 amide bonds. The number of hydrogen-bond donors (Lipinski definition) is 1. The highest BCUT2D eigenvalue weighted by atomic mass is 127. The van der Waals surface area contributed by atoms with Crippen molar-refractivity contribution in [3.63, 3.8) is 0 Å². The summed E-state index contributed by atoms with van der Waals surface area (Å²) in [5.74, 6) is 1.20. The number of halogens is 3. The Balaban J connectivity index is 0.00000180. The zero-order chi connectivity index (χ0) is 13.1. The minimum Gasteiger partial charge on any atom is -0.334 e. The van der Waals surface area contributed by atoms with Crippen molar-refractivity contribution in [1.82, 2.24) is 15.5 Å². The van der Waals surface area contributed by atoms with Crippen LogP contribution in [0.5, 0.6) is 0 Å². The third-order valence-corrected chi connectivity index (χ3v) is 4.19. The van der Waals surface area contributed by atoms with E-state index < -0.39 is 0 Å². The molecule has 2 aromatic rings. The summed E-state index contributed by atoms with van der Waals surface area (Å²) in [6, 6.07) is 6.00. The molecule has 0 radical (unpaired) electrons. The zero-order valence-electron chi connectivity index (χ0n) is 10.5. The Bertz CT molecular complexity index is 548. The number of nitrogens with zero attached hydrogens (tertiary/aromatic N) is 2. The first-order valence-corrected chi connectivity index (χ1v) is 7.01. The van der Waals surface area contributed by atoms with Crippen LogP contribution in [0, 0.1) is 3.57 Å². The summed E-state index contributed by atoms with van der Waals surface area (Å²) < 4.78 is 6.24. The van der Waals surface area contributed by atoms with Crippen molar-refractivity contribution in [2.75, 3.05) is 7.05 Å². The minimum absolute atomic E-state index is 0. The average molecular weight is 414 g/mol. The van der Waals surface area contributed by atoms with Crippen molar-refractivity contribution in [2.45, 2.75) is 19.4 Å². The molecule has 1 heterocycles. The molecule has 19 heavy (non-hydrogen) atoms. The second-order valence-electron chi connectivity index (χ2n) is 4.04. The maximum atomic E-state index is 6.07. The predicted octanol–water partition coefficient (Wildman–Crippen LogP) is 3.57. The maximum absolute atomic E-state index is 6.07. The molecule has 0 bridgehead atoms. The molecule has 1 atom stereocenters. The minimum atomic E-state index is 0. The van der Waals surface area contributed by atoms with Gasteiger partial charge in [0, 0.05) is 21.6 Å². The first kappa shape index (κ1) is 16.7. The molecule has 0 fully saturated rings. The van der Waals surface area contributed by atoms with Crippen molar-refractivity contribution >= 4 is 46.6 Å². The maximum Gasteiger partial charge on any atom is 0.257 e. The van der Waals surface area contributed by atoms with Crippen LogP contribution in [0.2, 0.25) is 5.02 Å². The molecule has 104 valence electrons. The Hall–Kier alpha value is -0.370. The van der Waals surface area contributed by atoms with Gasteiger partial charge in [-0.05, 0) is 54.8 Å². The molecule has 1 unspecified atom stereocenters. The highest BCUT2D eigenvalue weighted by molar-refractivity contribution is 14.1. The summed E-state index contributed by atoms with van der Waals surface area (Å²) >= 11 is 8.25. The SMILES string of the molecule is CNC(C)Cc1noc(-c2ccc(I)c(Cl)c2)n1.Cl. The summed E-state index contributed by atoms with van der Waals surface area (Å²) in [7, 11) is 1.91. The van der Waals surface area contributed by atoms with Crippen molar-refractivity contribution < 1.29 is 4.52 Å². The lowest BCUT2D eigenvalue weighted by Crippen LogP contribution is -2.24. The lowest BCUT2D eigenvalue weighted by Gasteiger charge is -2.04. The fourth-order valence-electron chi connectivity index (χ4n) is 1.46. The van der Waals surface area contributed by atoms with E-state index in [1.54, 1.807) is 0 Å². The molecule has 0 aliphatic carbocycles. The van der Waals surface area contributed by atoms with E-state index in [0.29, 0.717) is 22.8 Å². The molecule has 1 aromatic heterocycles. The van der Waals surface area contributed by atoms with E-state index in [4.69, 9.17) is 16.1 Å². The van der Waals surface area contributed by atoms with E-state index in [0.717, 1.165) is 15.6 Å². The Morgan fingerprint density at radius 3 is 2.84 bits per heavy atom. The summed E-state index contributed by atoms with van der Waals surface area (Å²) in [4.78, 5) is 4.36. The Morgan fingerprint density at radius 2 is 2.21 bits per heavy atom. The second-order valence-corrected chi connectivity index (χ2v) is 5.61. The fraction of sp³-hybridized carbons (Fsp3) is 0.333. The van der Waals surface area contributed by atoms with Gasteiger partial charge in [-0.15, -0.1) is 12.4 Å². The van der Waals surface area contributed by atoms with Gasteiger partial charge in [-0.3, -0.25) is 0 Å². The molecular weight excluding hydrogens is 400 g/mol. The molecule has 0 saturated carbocycles. The lowest BCUT2D eigenvalue weighted by molar-refractivity contribution is 0.418. The summed E-state index contributed by atoms with van der Waals surface area (Å²) in [6.45, 7) is 2.07. The number of aromatic nitrogens is 2. The van der Waals surface area contributed by atoms with Gasteiger partial charge >= 0.3 is 0 Å². The molecule has 1 aromatic carbocycles. The van der Waals surface area contributed by atoms with Crippen molar-refractivity contribution in [3.05, 3.63) is 32.6 Å². The van der Waals surface area contributed by atoms with Crippen LogP contribution in [0.1, 0.15) is 12.7 Å². The first-order chi connectivity index (χ1) is 8.60. The van der Waals surface area contributed by atoms with E-state index in [1.807, 2.05) is 25.2 Å². The molecule has 1 N–H and O–H groups in total. The average Bonchev–Trinajstić information content (AvgIpc) is 2.81. The van der Waals surface area contributed by atoms with Crippen molar-refractivity contribution in [3.8, 4) is 11.5 Å². The van der Waals surface area contributed by atoms with Crippen LogP contribution in [0.4, 0.5) is 0 Å². The highest BCUT2D eigenvalue weighted by Crippen LogP contribution is 2.25. The van der Waals surface area contributed by atoms with E-state index in [-0.39, 0.29) is 12.4 Å². The third kappa shape index (κ3) is 4.30. The van der Waals surface area contributed by atoms with Gasteiger partial charge < -0.3 is 9.84 Å². The monoisotopic (exact) mass is 413 g/mol. The number of hydrogen-bond acceptors (Lipinski definition) is 4. The smallest absolute Gasteiger partial charge is 0.257 e. The van der Waals surface area contributed by atoms with E-state index in [1.165, 1.54) is 0 Å². The molecule has 0 saturated heterocycles. The summed E-state index contributed by atoms with van der Waals surface area (Å²) in [6.07, 6.45) is 0.734. The van der Waals surface area contributed by atoms with Crippen LogP contribution in [-0.2, 0) is 6.42 Å². The molecule has 0 spiro atoms. The Kier molecular flexibility index (Phi) is 6.52. The van der Waals surface area contributed by atoms with Crippen LogP contribution >= 0.6 is 46.6 Å². The predicted molar refractivity (Wildman–Crippen MR) is 86.9 cm³/mol. The van der Waals surface area contributed by atoms with Crippen LogP contribution in [0.3, 0.4) is 0 Å². The van der Waals surface area contributed by atoms with Gasteiger partial charge in [-0.2, -0.15) is 4.98 Å². The van der Waals surface area contributed by atoms with Gasteiger partial charge in [0.25, 0.3) is 5.89 Å². The van der Waals surface area contributed by atoms with E-state index in [9.17, 15) is 0 Å². The fourth-order valence-corrected chi connectivity index (χ4v) is 1.98. The largest absolute Gasteiger partial charge is 0.334 e. The van der Waals surface area contributed by atoms with Gasteiger partial charge in [-0.1, -0.05) is 16.8 Å². The first-order valence-electron chi connectivity index (χ1n) is 5.55. The molecular formula is C12H14Cl2IN3O. The molecule has 0 aliphatic rings. The van der Waals surface area contributed by atoms with Gasteiger partial charge in [0.15, 0.2) is 5.82 Å². The molecule has 2 rings (SSSR count). The van der Waals surface area contributed by atoms with Crippen LogP contribution in [0.25, 0.3) is 11.5 Å². The van der Waals surface area contributed by atoms with Crippen molar-refractivity contribution in [2.24, 2.45) is 0 Å². The highest BCUT2D eigenvalue weighted by Gasteiger charge is 2.12. The van der Waals surface area contributed by atoms with Crippen LogP contribution in [-0.4, -0.2) is 23.2 Å². The summed E-state index contributed by atoms with van der Waals surface area (Å²) in [5, 5.41) is 7.79. The normalized spacial score (nSPS) is 12.0. The third-order valence-electron chi connectivity index (χ3n) is 2.62. The van der Waals surface area contributed by atoms with Gasteiger partial charge in [0.05, 0.1) is 5.02 Å². The molecule has 7 heteroatoms. The van der Waals surface area contributed by atoms with Gasteiger partial charge in [-0.25, -0.2) is 0 Å². The molecule has 4 nitrogen and oxygen atoms in total. The van der Waals surface area contributed by atoms with E-state index in [2.05, 4.69) is 45.0 Å². The Morgan fingerprint density at radius 1 is 1.47 bits per heavy atom. The van der Waals surface area contributed by atoms with Crippen molar-refractivity contribution in [1.29, 1.82) is 0 Å². The quantitative estimate of drug-likeness (QED) is 0.778. The number of benzene rings is 1. The number of rotatable bonds is 4. The van der Waals surface area contributed by atoms with Gasteiger partial charge in [0.2, 0.25) is 0 Å². The number of nitrogens with one attached hydrogen (secondary N) is 1. The molecule has 0 aliphatic heterocycles. The lowest BCUT2D eigenvalue weighted by atomic mass is 10.2. The van der Waals surface area contributed by atoms with Gasteiger partial charge in [0.1, 0.15) is 0 Å². The van der Waals surface area contributed by atoms with Crippen LogP contribution < -0.4 is 5.32 Å². The topological polar surface area (TPSA) is 51.0 Å². The number of likely N-dealkylation sites (N-methyl/N-ethyl adjacent to an activating group) is 1. The second kappa shape index (κ2) is 7.42.